The van der Waals surface area contributed by atoms with Gasteiger partial charge in [0.15, 0.2) is 0 Å². The first kappa shape index (κ1) is 19.8. The molecule has 0 bridgehead atoms. The van der Waals surface area contributed by atoms with Crippen molar-refractivity contribution in [1.29, 1.82) is 0 Å². The highest BCUT2D eigenvalue weighted by Crippen LogP contribution is 2.27. The summed E-state index contributed by atoms with van der Waals surface area (Å²) in [5.74, 6) is 0.161. The van der Waals surface area contributed by atoms with Gasteiger partial charge in [-0.1, -0.05) is 18.2 Å². The Balaban J connectivity index is 1.74. The Morgan fingerprint density at radius 1 is 1.07 bits per heavy atom. The van der Waals surface area contributed by atoms with E-state index in [0.29, 0.717) is 22.8 Å². The number of carbonyl (C=O) groups excluding carboxylic acids is 1. The Labute approximate surface area is 165 Å². The zero-order valence-corrected chi connectivity index (χ0v) is 15.4. The quantitative estimate of drug-likeness (QED) is 0.470. The van der Waals surface area contributed by atoms with E-state index in [1.54, 1.807) is 24.3 Å². The largest absolute Gasteiger partial charge is 0.496 e. The van der Waals surface area contributed by atoms with Gasteiger partial charge in [0.1, 0.15) is 23.1 Å². The predicted molar refractivity (Wildman–Crippen MR) is 104 cm³/mol. The van der Waals surface area contributed by atoms with E-state index < -0.39 is 16.6 Å². The van der Waals surface area contributed by atoms with Crippen LogP contribution in [0.3, 0.4) is 0 Å². The molecular formula is C21H17FN2O5. The van der Waals surface area contributed by atoms with Crippen molar-refractivity contribution in [2.75, 3.05) is 7.11 Å². The fourth-order valence-electron chi connectivity index (χ4n) is 2.64. The minimum atomic E-state index is -0.505. The van der Waals surface area contributed by atoms with Gasteiger partial charge in [0.25, 0.3) is 11.6 Å². The summed E-state index contributed by atoms with van der Waals surface area (Å²) in [6, 6.07) is 16.2. The van der Waals surface area contributed by atoms with Crippen LogP contribution in [0.1, 0.15) is 15.9 Å². The van der Waals surface area contributed by atoms with Gasteiger partial charge in [-0.3, -0.25) is 14.9 Å². The molecule has 0 unspecified atom stereocenters. The van der Waals surface area contributed by atoms with E-state index >= 15 is 0 Å². The molecule has 0 fully saturated rings. The number of methoxy groups -OCH3 is 1. The molecule has 0 aliphatic rings. The number of rotatable bonds is 7. The molecule has 0 saturated heterocycles. The van der Waals surface area contributed by atoms with Gasteiger partial charge in [-0.05, 0) is 30.3 Å². The summed E-state index contributed by atoms with van der Waals surface area (Å²) in [5, 5.41) is 13.5. The average molecular weight is 396 g/mol. The number of amides is 1. The van der Waals surface area contributed by atoms with E-state index in [2.05, 4.69) is 5.32 Å². The Morgan fingerprint density at radius 3 is 2.48 bits per heavy atom. The lowest BCUT2D eigenvalue weighted by Gasteiger charge is -2.13. The number of nitro benzene ring substituents is 1. The van der Waals surface area contributed by atoms with E-state index in [9.17, 15) is 19.3 Å². The van der Waals surface area contributed by atoms with Gasteiger partial charge >= 0.3 is 0 Å². The number of hydrogen-bond acceptors (Lipinski definition) is 5. The second-order valence-corrected chi connectivity index (χ2v) is 5.99. The molecule has 0 heterocycles. The molecule has 3 aromatic rings. The lowest BCUT2D eigenvalue weighted by atomic mass is 10.1. The molecule has 0 saturated carbocycles. The summed E-state index contributed by atoms with van der Waals surface area (Å²) in [6.45, 7) is 0.133. The third kappa shape index (κ3) is 4.86. The Kier molecular flexibility index (Phi) is 6.03. The summed E-state index contributed by atoms with van der Waals surface area (Å²) >= 11 is 0. The second kappa shape index (κ2) is 8.83. The number of para-hydroxylation sites is 1. The number of ether oxygens (including phenoxy) is 2. The van der Waals surface area contributed by atoms with Gasteiger partial charge in [0.2, 0.25) is 0 Å². The fraction of sp³-hybridized carbons (Fsp3) is 0.0952. The minimum absolute atomic E-state index is 0.0587. The molecule has 29 heavy (non-hydrogen) atoms. The first-order chi connectivity index (χ1) is 14.0. The van der Waals surface area contributed by atoms with Gasteiger partial charge in [-0.15, -0.1) is 0 Å². The van der Waals surface area contributed by atoms with Crippen LogP contribution in [-0.4, -0.2) is 17.9 Å². The van der Waals surface area contributed by atoms with E-state index in [0.717, 1.165) is 0 Å². The average Bonchev–Trinajstić information content (AvgIpc) is 2.73. The first-order valence-electron chi connectivity index (χ1n) is 8.60. The first-order valence-corrected chi connectivity index (χ1v) is 8.60. The highest BCUT2D eigenvalue weighted by Gasteiger charge is 2.14. The standard InChI is InChI=1S/C21H17FN2O5/c1-28-20-12-15(22)7-6-14(20)13-23-21(25)18-4-2-3-5-19(18)29-17-10-8-16(9-11-17)24(26)27/h2-12H,13H2,1H3,(H,23,25). The molecule has 148 valence electrons. The van der Waals surface area contributed by atoms with Crippen molar-refractivity contribution in [3.05, 3.63) is 93.8 Å². The van der Waals surface area contributed by atoms with Crippen LogP contribution in [-0.2, 0) is 6.54 Å². The monoisotopic (exact) mass is 396 g/mol. The Hall–Kier alpha value is -3.94. The maximum atomic E-state index is 13.3. The highest BCUT2D eigenvalue weighted by molar-refractivity contribution is 5.97. The number of benzene rings is 3. The molecule has 0 aromatic heterocycles. The zero-order chi connectivity index (χ0) is 20.8. The molecule has 8 heteroatoms. The normalized spacial score (nSPS) is 10.3. The summed E-state index contributed by atoms with van der Waals surface area (Å²) in [4.78, 5) is 22.9. The Bertz CT molecular complexity index is 1040. The van der Waals surface area contributed by atoms with Crippen molar-refractivity contribution in [2.24, 2.45) is 0 Å². The molecule has 0 radical (unpaired) electrons. The van der Waals surface area contributed by atoms with Gasteiger partial charge in [-0.2, -0.15) is 0 Å². The number of nitrogens with one attached hydrogen (secondary N) is 1. The predicted octanol–water partition coefficient (Wildman–Crippen LogP) is 4.46. The lowest BCUT2D eigenvalue weighted by Crippen LogP contribution is -2.23. The fourth-order valence-corrected chi connectivity index (χ4v) is 2.64. The molecule has 0 aliphatic carbocycles. The topological polar surface area (TPSA) is 90.7 Å². The van der Waals surface area contributed by atoms with Crippen LogP contribution in [0.2, 0.25) is 0 Å². The second-order valence-electron chi connectivity index (χ2n) is 5.99. The molecule has 0 aliphatic heterocycles. The van der Waals surface area contributed by atoms with Crippen molar-refractivity contribution in [3.8, 4) is 17.2 Å². The van der Waals surface area contributed by atoms with Crippen molar-refractivity contribution >= 4 is 11.6 Å². The maximum absolute atomic E-state index is 13.3. The van der Waals surface area contributed by atoms with Crippen molar-refractivity contribution in [3.63, 3.8) is 0 Å². The van der Waals surface area contributed by atoms with E-state index in [-0.39, 0.29) is 17.8 Å². The van der Waals surface area contributed by atoms with Gasteiger partial charge < -0.3 is 14.8 Å². The van der Waals surface area contributed by atoms with Gasteiger partial charge in [-0.25, -0.2) is 4.39 Å². The molecule has 0 spiro atoms. The molecule has 1 N–H and O–H groups in total. The summed E-state index contributed by atoms with van der Waals surface area (Å²) in [7, 11) is 1.42. The van der Waals surface area contributed by atoms with E-state index in [1.807, 2.05) is 0 Å². The van der Waals surface area contributed by atoms with Crippen LogP contribution in [0.4, 0.5) is 10.1 Å². The van der Waals surface area contributed by atoms with Crippen molar-refractivity contribution in [1.82, 2.24) is 5.32 Å². The number of nitro groups is 1. The molecule has 0 atom stereocenters. The third-order valence-electron chi connectivity index (χ3n) is 4.10. The van der Waals surface area contributed by atoms with Crippen LogP contribution >= 0.6 is 0 Å². The molecular weight excluding hydrogens is 379 g/mol. The smallest absolute Gasteiger partial charge is 0.269 e. The number of nitrogens with zero attached hydrogens (tertiary/aromatic N) is 1. The van der Waals surface area contributed by atoms with Crippen molar-refractivity contribution in [2.45, 2.75) is 6.54 Å². The van der Waals surface area contributed by atoms with Crippen LogP contribution in [0.25, 0.3) is 0 Å². The minimum Gasteiger partial charge on any atom is -0.496 e. The SMILES string of the molecule is COc1cc(F)ccc1CNC(=O)c1ccccc1Oc1ccc([N+](=O)[O-])cc1. The van der Waals surface area contributed by atoms with Crippen LogP contribution in [0.15, 0.2) is 66.7 Å². The van der Waals surface area contributed by atoms with Gasteiger partial charge in [0.05, 0.1) is 17.6 Å². The number of carbonyl (C=O) groups is 1. The molecule has 3 aromatic carbocycles. The highest BCUT2D eigenvalue weighted by atomic mass is 19.1. The van der Waals surface area contributed by atoms with E-state index in [1.165, 1.54) is 49.6 Å². The number of non-ortho nitro benzene ring substituents is 1. The summed E-state index contributed by atoms with van der Waals surface area (Å²) < 4.78 is 24.2. The van der Waals surface area contributed by atoms with Crippen LogP contribution in [0.5, 0.6) is 17.2 Å². The molecule has 7 nitrogen and oxygen atoms in total. The van der Waals surface area contributed by atoms with Crippen molar-refractivity contribution < 1.29 is 23.6 Å². The summed E-state index contributed by atoms with van der Waals surface area (Å²) in [5.41, 5.74) is 0.847. The lowest BCUT2D eigenvalue weighted by molar-refractivity contribution is -0.384. The number of halogens is 1. The summed E-state index contributed by atoms with van der Waals surface area (Å²) in [6.07, 6.45) is 0. The van der Waals surface area contributed by atoms with Crippen LogP contribution in [0, 0.1) is 15.9 Å². The third-order valence-corrected chi connectivity index (χ3v) is 4.10. The van der Waals surface area contributed by atoms with E-state index in [4.69, 9.17) is 9.47 Å². The van der Waals surface area contributed by atoms with Crippen LogP contribution < -0.4 is 14.8 Å². The molecule has 3 rings (SSSR count). The number of hydrogen-bond donors (Lipinski definition) is 1. The maximum Gasteiger partial charge on any atom is 0.269 e. The molecule has 1 amide bonds. The zero-order valence-electron chi connectivity index (χ0n) is 15.4. The van der Waals surface area contributed by atoms with Gasteiger partial charge in [0, 0.05) is 30.3 Å². The Morgan fingerprint density at radius 2 is 1.79 bits per heavy atom.